The minimum Gasteiger partial charge on any atom is -0.472 e. The number of nitrogens with zero attached hydrogens (tertiary/aromatic N) is 2. The maximum atomic E-state index is 5.78. The first-order valence-electron chi connectivity index (χ1n) is 6.10. The first-order valence-corrected chi connectivity index (χ1v) is 6.89. The molecule has 0 radical (unpaired) electrons. The van der Waals surface area contributed by atoms with Gasteiger partial charge in [0.1, 0.15) is 12.9 Å². The predicted octanol–water partition coefficient (Wildman–Crippen LogP) is 3.55. The highest BCUT2D eigenvalue weighted by Gasteiger charge is 2.05. The Balaban J connectivity index is 1.85. The molecule has 2 N–H and O–H groups in total. The van der Waals surface area contributed by atoms with Gasteiger partial charge in [-0.3, -0.25) is 0 Å². The van der Waals surface area contributed by atoms with Crippen molar-refractivity contribution in [3.63, 3.8) is 0 Å². The van der Waals surface area contributed by atoms with Crippen LogP contribution in [0.5, 0.6) is 5.88 Å². The van der Waals surface area contributed by atoms with Crippen molar-refractivity contribution < 1.29 is 4.74 Å². The van der Waals surface area contributed by atoms with Crippen molar-refractivity contribution in [2.75, 3.05) is 5.73 Å². The highest BCUT2D eigenvalue weighted by atomic mass is 79.9. The van der Waals surface area contributed by atoms with Crippen LogP contribution in [0, 0.1) is 0 Å². The highest BCUT2D eigenvalue weighted by Crippen LogP contribution is 2.24. The lowest BCUT2D eigenvalue weighted by atomic mass is 10.2. The number of anilines is 1. The lowest BCUT2D eigenvalue weighted by molar-refractivity contribution is 0.297. The molecule has 20 heavy (non-hydrogen) atoms. The third-order valence-electron chi connectivity index (χ3n) is 2.91. The van der Waals surface area contributed by atoms with Crippen molar-refractivity contribution in [1.82, 2.24) is 9.97 Å². The molecule has 3 rings (SSSR count). The van der Waals surface area contributed by atoms with Crippen molar-refractivity contribution in [3.8, 4) is 5.88 Å². The first-order chi connectivity index (χ1) is 9.72. The molecule has 4 nitrogen and oxygen atoms in total. The number of nitrogen functional groups attached to an aromatic ring is 1. The molecule has 0 atom stereocenters. The predicted molar refractivity (Wildman–Crippen MR) is 82.4 cm³/mol. The molecule has 0 unspecified atom stereocenters. The van der Waals surface area contributed by atoms with Gasteiger partial charge in [0.05, 0.1) is 10.9 Å². The van der Waals surface area contributed by atoms with Crippen LogP contribution in [-0.2, 0) is 6.61 Å². The minimum absolute atomic E-state index is 0.462. The summed E-state index contributed by atoms with van der Waals surface area (Å²) in [7, 11) is 0. The molecule has 1 heterocycles. The van der Waals surface area contributed by atoms with E-state index in [0.717, 1.165) is 20.9 Å². The van der Waals surface area contributed by atoms with E-state index in [0.29, 0.717) is 18.2 Å². The van der Waals surface area contributed by atoms with Gasteiger partial charge < -0.3 is 10.5 Å². The Hall–Kier alpha value is -2.14. The zero-order valence-electron chi connectivity index (χ0n) is 10.6. The molecule has 5 heteroatoms. The summed E-state index contributed by atoms with van der Waals surface area (Å²) in [6.07, 6.45) is 1.48. The monoisotopic (exact) mass is 329 g/mol. The molecular formula is C15H12BrN3O. The van der Waals surface area contributed by atoms with Gasteiger partial charge in [-0.1, -0.05) is 28.1 Å². The number of rotatable bonds is 3. The number of benzene rings is 2. The molecule has 1 aromatic heterocycles. The minimum atomic E-state index is 0.462. The second kappa shape index (κ2) is 5.46. The van der Waals surface area contributed by atoms with Crippen molar-refractivity contribution in [3.05, 3.63) is 58.8 Å². The van der Waals surface area contributed by atoms with E-state index in [1.165, 1.54) is 6.33 Å². The third kappa shape index (κ3) is 2.72. The summed E-state index contributed by atoms with van der Waals surface area (Å²) in [5.74, 6) is 0.568. The summed E-state index contributed by atoms with van der Waals surface area (Å²) in [5, 5.41) is 0.860. The van der Waals surface area contributed by atoms with Gasteiger partial charge >= 0.3 is 0 Å². The number of hydrogen-bond acceptors (Lipinski definition) is 4. The molecule has 0 bridgehead atoms. The van der Waals surface area contributed by atoms with E-state index in [1.54, 1.807) is 0 Å². The average Bonchev–Trinajstić information content (AvgIpc) is 2.46. The Morgan fingerprint density at radius 3 is 2.65 bits per heavy atom. The largest absolute Gasteiger partial charge is 0.472 e. The molecule has 0 saturated heterocycles. The molecule has 2 aromatic carbocycles. The van der Waals surface area contributed by atoms with Crippen molar-refractivity contribution >= 4 is 32.5 Å². The summed E-state index contributed by atoms with van der Waals surface area (Å²) in [5.41, 5.74) is 8.29. The van der Waals surface area contributed by atoms with E-state index in [2.05, 4.69) is 25.9 Å². The van der Waals surface area contributed by atoms with Gasteiger partial charge in [-0.2, -0.15) is 0 Å². The summed E-state index contributed by atoms with van der Waals surface area (Å²) >= 11 is 3.41. The number of aromatic nitrogens is 2. The average molecular weight is 330 g/mol. The molecule has 0 amide bonds. The van der Waals surface area contributed by atoms with Crippen LogP contribution in [0.2, 0.25) is 0 Å². The number of ether oxygens (including phenoxy) is 1. The van der Waals surface area contributed by atoms with Crippen molar-refractivity contribution in [1.29, 1.82) is 0 Å². The van der Waals surface area contributed by atoms with E-state index in [4.69, 9.17) is 10.5 Å². The SMILES string of the molecule is Nc1ccc2c(OCc3ccc(Br)cc3)ncnc2c1. The Morgan fingerprint density at radius 1 is 1.05 bits per heavy atom. The summed E-state index contributed by atoms with van der Waals surface area (Å²) in [6, 6.07) is 13.5. The van der Waals surface area contributed by atoms with Crippen LogP contribution < -0.4 is 10.5 Å². The molecule has 3 aromatic rings. The fraction of sp³-hybridized carbons (Fsp3) is 0.0667. The molecule has 0 aliphatic rings. The number of nitrogens with two attached hydrogens (primary N) is 1. The Labute approximate surface area is 124 Å². The molecular weight excluding hydrogens is 318 g/mol. The molecule has 0 aliphatic carbocycles. The highest BCUT2D eigenvalue weighted by molar-refractivity contribution is 9.10. The van der Waals surface area contributed by atoms with Crippen LogP contribution in [0.15, 0.2) is 53.3 Å². The van der Waals surface area contributed by atoms with Gasteiger partial charge in [0.15, 0.2) is 0 Å². The first kappa shape index (κ1) is 12.9. The van der Waals surface area contributed by atoms with Crippen molar-refractivity contribution in [2.45, 2.75) is 6.61 Å². The summed E-state index contributed by atoms with van der Waals surface area (Å²) < 4.78 is 6.82. The van der Waals surface area contributed by atoms with Gasteiger partial charge in [-0.15, -0.1) is 0 Å². The third-order valence-corrected chi connectivity index (χ3v) is 3.44. The van der Waals surface area contributed by atoms with E-state index in [-0.39, 0.29) is 0 Å². The second-order valence-electron chi connectivity index (χ2n) is 4.37. The second-order valence-corrected chi connectivity index (χ2v) is 5.29. The van der Waals surface area contributed by atoms with Gasteiger partial charge in [0, 0.05) is 10.2 Å². The smallest absolute Gasteiger partial charge is 0.224 e. The van der Waals surface area contributed by atoms with Gasteiger partial charge in [0.25, 0.3) is 0 Å². The fourth-order valence-corrected chi connectivity index (χ4v) is 2.16. The van der Waals surface area contributed by atoms with E-state index < -0.39 is 0 Å². The standard InChI is InChI=1S/C15H12BrN3O/c16-11-3-1-10(2-4-11)8-20-15-13-6-5-12(17)7-14(13)18-9-19-15/h1-7,9H,8,17H2. The molecule has 0 fully saturated rings. The quantitative estimate of drug-likeness (QED) is 0.746. The van der Waals surface area contributed by atoms with Crippen LogP contribution in [0.3, 0.4) is 0 Å². The number of halogens is 1. The fourth-order valence-electron chi connectivity index (χ4n) is 1.90. The maximum absolute atomic E-state index is 5.78. The Morgan fingerprint density at radius 2 is 1.85 bits per heavy atom. The molecule has 0 saturated carbocycles. The van der Waals surface area contributed by atoms with Crippen molar-refractivity contribution in [2.24, 2.45) is 0 Å². The summed E-state index contributed by atoms with van der Waals surface area (Å²) in [6.45, 7) is 0.462. The lowest BCUT2D eigenvalue weighted by Crippen LogP contribution is -1.99. The van der Waals surface area contributed by atoms with Gasteiger partial charge in [-0.05, 0) is 35.9 Å². The van der Waals surface area contributed by atoms with E-state index in [1.807, 2.05) is 42.5 Å². The summed E-state index contributed by atoms with van der Waals surface area (Å²) in [4.78, 5) is 8.38. The topological polar surface area (TPSA) is 61.0 Å². The Bertz CT molecular complexity index is 744. The van der Waals surface area contributed by atoms with Crippen LogP contribution in [0.25, 0.3) is 10.9 Å². The van der Waals surface area contributed by atoms with Gasteiger partial charge in [-0.25, -0.2) is 9.97 Å². The van der Waals surface area contributed by atoms with Crippen LogP contribution in [-0.4, -0.2) is 9.97 Å². The normalized spacial score (nSPS) is 10.7. The zero-order chi connectivity index (χ0) is 13.9. The molecule has 0 aliphatic heterocycles. The zero-order valence-corrected chi connectivity index (χ0v) is 12.2. The van der Waals surface area contributed by atoms with Crippen LogP contribution in [0.1, 0.15) is 5.56 Å². The Kier molecular flexibility index (Phi) is 3.52. The molecule has 0 spiro atoms. The van der Waals surface area contributed by atoms with Crippen LogP contribution in [0.4, 0.5) is 5.69 Å². The number of fused-ring (bicyclic) bond motifs is 1. The van der Waals surface area contributed by atoms with Crippen LogP contribution >= 0.6 is 15.9 Å². The van der Waals surface area contributed by atoms with E-state index in [9.17, 15) is 0 Å². The lowest BCUT2D eigenvalue weighted by Gasteiger charge is -2.08. The molecule has 100 valence electrons. The maximum Gasteiger partial charge on any atom is 0.224 e. The van der Waals surface area contributed by atoms with E-state index >= 15 is 0 Å². The van der Waals surface area contributed by atoms with Gasteiger partial charge in [0.2, 0.25) is 5.88 Å². The number of hydrogen-bond donors (Lipinski definition) is 1.